The number of piperidine rings is 1. The number of aryl methyl sites for hydroxylation is 1. The van der Waals surface area contributed by atoms with Gasteiger partial charge in [0.25, 0.3) is 0 Å². The minimum Gasteiger partial charge on any atom is -0.369 e. The monoisotopic (exact) mass is 422 g/mol. The highest BCUT2D eigenvalue weighted by Crippen LogP contribution is 2.39. The average Bonchev–Trinajstić information content (AvgIpc) is 3.24. The summed E-state index contributed by atoms with van der Waals surface area (Å²) in [5.41, 5.74) is 11.5. The van der Waals surface area contributed by atoms with Crippen LogP contribution in [0.2, 0.25) is 5.28 Å². The molecule has 2 aliphatic rings. The molecule has 1 aliphatic carbocycles. The molecule has 0 bridgehead atoms. The van der Waals surface area contributed by atoms with Gasteiger partial charge in [-0.1, -0.05) is 30.3 Å². The lowest BCUT2D eigenvalue weighted by molar-refractivity contribution is -0.120. The van der Waals surface area contributed by atoms with E-state index in [4.69, 9.17) is 17.3 Å². The van der Waals surface area contributed by atoms with Crippen LogP contribution in [0, 0.1) is 12.8 Å². The lowest BCUT2D eigenvalue weighted by Crippen LogP contribution is -2.40. The van der Waals surface area contributed by atoms with Gasteiger partial charge in [-0.15, -0.1) is 0 Å². The molecule has 1 unspecified atom stereocenters. The Hall–Kier alpha value is -2.37. The quantitative estimate of drug-likeness (QED) is 0.689. The Bertz CT molecular complexity index is 1100. The summed E-state index contributed by atoms with van der Waals surface area (Å²) in [5.74, 6) is -0.113. The topological polar surface area (TPSA) is 64.2 Å². The average molecular weight is 423 g/mol. The summed E-state index contributed by atoms with van der Waals surface area (Å²) in [6.07, 6.45) is 2.99. The van der Waals surface area contributed by atoms with Crippen LogP contribution < -0.4 is 5.73 Å². The molecule has 0 radical (unpaired) electrons. The fraction of sp³-hybridized carbons (Fsp3) is 0.417. The minimum absolute atomic E-state index is 0.172. The first-order valence-electron chi connectivity index (χ1n) is 10.7. The largest absolute Gasteiger partial charge is 0.369 e. The van der Waals surface area contributed by atoms with Crippen molar-refractivity contribution in [3.8, 4) is 0 Å². The van der Waals surface area contributed by atoms with E-state index in [2.05, 4.69) is 51.7 Å². The van der Waals surface area contributed by atoms with Gasteiger partial charge in [-0.25, -0.2) is 4.98 Å². The van der Waals surface area contributed by atoms with Crippen LogP contribution in [-0.2, 0) is 11.2 Å². The molecule has 1 saturated heterocycles. The second kappa shape index (κ2) is 7.71. The molecule has 2 heterocycles. The fourth-order valence-electron chi connectivity index (χ4n) is 5.45. The molecule has 1 fully saturated rings. The van der Waals surface area contributed by atoms with Crippen LogP contribution in [0.3, 0.4) is 0 Å². The molecule has 0 saturated carbocycles. The minimum atomic E-state index is -0.202. The van der Waals surface area contributed by atoms with Gasteiger partial charge in [0.05, 0.1) is 17.0 Å². The molecule has 2 aromatic carbocycles. The number of imidazole rings is 1. The van der Waals surface area contributed by atoms with E-state index in [0.29, 0.717) is 11.3 Å². The molecule has 1 aromatic heterocycles. The van der Waals surface area contributed by atoms with Crippen LogP contribution in [-0.4, -0.2) is 40.0 Å². The third kappa shape index (κ3) is 3.40. The number of halogens is 1. The molecule has 5 nitrogen and oxygen atoms in total. The third-order valence-electron chi connectivity index (χ3n) is 6.87. The summed E-state index contributed by atoms with van der Waals surface area (Å²) < 4.78 is 2.20. The summed E-state index contributed by atoms with van der Waals surface area (Å²) in [7, 11) is 0. The normalized spacial score (nSPS) is 22.5. The predicted octanol–water partition coefficient (Wildman–Crippen LogP) is 4.08. The molecule has 2 atom stereocenters. The summed E-state index contributed by atoms with van der Waals surface area (Å²) in [6.45, 7) is 4.97. The Kier molecular flexibility index (Phi) is 5.03. The number of primary amides is 1. The predicted molar refractivity (Wildman–Crippen MR) is 120 cm³/mol. The molecule has 5 rings (SSSR count). The molecule has 30 heavy (non-hydrogen) atoms. The van der Waals surface area contributed by atoms with E-state index in [1.54, 1.807) is 0 Å². The Labute approximate surface area is 181 Å². The van der Waals surface area contributed by atoms with E-state index in [0.717, 1.165) is 55.5 Å². The van der Waals surface area contributed by atoms with Gasteiger partial charge >= 0.3 is 0 Å². The van der Waals surface area contributed by atoms with Crippen molar-refractivity contribution in [2.45, 2.75) is 38.1 Å². The number of nitrogens with zero attached hydrogens (tertiary/aromatic N) is 3. The number of fused-ring (bicyclic) bond motifs is 2. The molecule has 1 amide bonds. The number of carbonyl (C=O) groups excluding carboxylic acids is 1. The van der Waals surface area contributed by atoms with E-state index in [1.807, 2.05) is 12.1 Å². The van der Waals surface area contributed by atoms with Crippen molar-refractivity contribution in [3.05, 3.63) is 64.4 Å². The van der Waals surface area contributed by atoms with Crippen molar-refractivity contribution in [2.24, 2.45) is 11.7 Å². The van der Waals surface area contributed by atoms with Crippen LogP contribution in [0.15, 0.2) is 42.5 Å². The second-order valence-electron chi connectivity index (χ2n) is 8.82. The lowest BCUT2D eigenvalue weighted by atomic mass is 9.90. The number of hydrogen-bond acceptors (Lipinski definition) is 3. The Morgan fingerprint density at radius 2 is 1.97 bits per heavy atom. The van der Waals surface area contributed by atoms with Gasteiger partial charge in [0.1, 0.15) is 0 Å². The lowest BCUT2D eigenvalue weighted by Gasteiger charge is -2.35. The van der Waals surface area contributed by atoms with Crippen LogP contribution in [0.1, 0.15) is 41.5 Å². The summed E-state index contributed by atoms with van der Waals surface area (Å²) >= 11 is 6.52. The van der Waals surface area contributed by atoms with E-state index < -0.39 is 0 Å². The zero-order valence-corrected chi connectivity index (χ0v) is 18.0. The van der Waals surface area contributed by atoms with E-state index in [1.165, 1.54) is 11.1 Å². The molecule has 0 spiro atoms. The van der Waals surface area contributed by atoms with E-state index in [-0.39, 0.29) is 17.7 Å². The van der Waals surface area contributed by atoms with Crippen molar-refractivity contribution in [2.75, 3.05) is 19.6 Å². The van der Waals surface area contributed by atoms with Crippen LogP contribution in [0.5, 0.6) is 0 Å². The zero-order valence-electron chi connectivity index (χ0n) is 17.2. The maximum absolute atomic E-state index is 12.2. The number of amides is 1. The van der Waals surface area contributed by atoms with Crippen LogP contribution >= 0.6 is 11.6 Å². The second-order valence-corrected chi connectivity index (χ2v) is 9.16. The summed E-state index contributed by atoms with van der Waals surface area (Å²) in [4.78, 5) is 19.2. The highest BCUT2D eigenvalue weighted by atomic mass is 35.5. The number of rotatable bonds is 4. The van der Waals surface area contributed by atoms with Gasteiger partial charge in [0, 0.05) is 25.7 Å². The number of aromatic nitrogens is 2. The molecule has 156 valence electrons. The fourth-order valence-corrected chi connectivity index (χ4v) is 5.77. The number of nitrogens with two attached hydrogens (primary N) is 1. The SMILES string of the molecule is Cc1ccc2c(c1)nc(Cl)n2C1CCN(CC2Cc3ccccc3[C@@H]2C(N)=O)CC1. The van der Waals surface area contributed by atoms with Gasteiger partial charge in [-0.2, -0.15) is 0 Å². The van der Waals surface area contributed by atoms with Crippen molar-refractivity contribution in [1.29, 1.82) is 0 Å². The summed E-state index contributed by atoms with van der Waals surface area (Å²) in [6, 6.07) is 14.9. The maximum Gasteiger partial charge on any atom is 0.225 e. The number of carbonyl (C=O) groups is 1. The van der Waals surface area contributed by atoms with Gasteiger partial charge in [-0.3, -0.25) is 4.79 Å². The molecular weight excluding hydrogens is 396 g/mol. The molecule has 3 aromatic rings. The van der Waals surface area contributed by atoms with Crippen molar-refractivity contribution < 1.29 is 4.79 Å². The van der Waals surface area contributed by atoms with Crippen molar-refractivity contribution >= 4 is 28.5 Å². The van der Waals surface area contributed by atoms with E-state index in [9.17, 15) is 4.79 Å². The van der Waals surface area contributed by atoms with Gasteiger partial charge in [0.15, 0.2) is 0 Å². The number of hydrogen-bond donors (Lipinski definition) is 1. The molecule has 1 aliphatic heterocycles. The van der Waals surface area contributed by atoms with Gasteiger partial charge < -0.3 is 15.2 Å². The van der Waals surface area contributed by atoms with Crippen LogP contribution in [0.4, 0.5) is 0 Å². The summed E-state index contributed by atoms with van der Waals surface area (Å²) in [5, 5.41) is 0.578. The Morgan fingerprint density at radius 1 is 1.20 bits per heavy atom. The molecular formula is C24H27ClN4O. The number of benzene rings is 2. The Balaban J connectivity index is 1.28. The van der Waals surface area contributed by atoms with E-state index >= 15 is 0 Å². The van der Waals surface area contributed by atoms with Gasteiger partial charge in [0.2, 0.25) is 11.2 Å². The van der Waals surface area contributed by atoms with Crippen molar-refractivity contribution in [3.63, 3.8) is 0 Å². The van der Waals surface area contributed by atoms with Crippen molar-refractivity contribution in [1.82, 2.24) is 14.5 Å². The Morgan fingerprint density at radius 3 is 2.73 bits per heavy atom. The molecule has 6 heteroatoms. The zero-order chi connectivity index (χ0) is 20.8. The first kappa shape index (κ1) is 19.6. The smallest absolute Gasteiger partial charge is 0.225 e. The van der Waals surface area contributed by atoms with Gasteiger partial charge in [-0.05, 0) is 72.5 Å². The first-order valence-corrected chi connectivity index (χ1v) is 11.1. The third-order valence-corrected chi connectivity index (χ3v) is 7.13. The standard InChI is InChI=1S/C24H27ClN4O/c1-15-6-7-21-20(12-15)27-24(25)29(21)18-8-10-28(11-9-18)14-17-13-16-4-2-3-5-19(16)22(17)23(26)30/h2-7,12,17-18,22H,8-11,13-14H2,1H3,(H2,26,30)/t17?,22-/m1/s1. The maximum atomic E-state index is 12.2. The van der Waals surface area contributed by atoms with Crippen LogP contribution in [0.25, 0.3) is 11.0 Å². The first-order chi connectivity index (χ1) is 14.5. The molecule has 2 N–H and O–H groups in total. The number of likely N-dealkylation sites (tertiary alicyclic amines) is 1. The highest BCUT2D eigenvalue weighted by Gasteiger charge is 2.37. The highest BCUT2D eigenvalue weighted by molar-refractivity contribution is 6.29.